The minimum absolute atomic E-state index is 0.193. The zero-order valence-corrected chi connectivity index (χ0v) is 12.5. The Labute approximate surface area is 127 Å². The standard InChI is InChI=1S/C17H16N2O3/c1-3-9-19-16(21)12-6-4-5-11-14(18-10(2)20)8-7-13(15(11)12)17(19)22/h4-8H,3,9H2,1-2H3,(H,18,20). The summed E-state index contributed by atoms with van der Waals surface area (Å²) in [5.74, 6) is -0.739. The number of nitrogens with zero attached hydrogens (tertiary/aromatic N) is 1. The highest BCUT2D eigenvalue weighted by Gasteiger charge is 2.32. The molecule has 22 heavy (non-hydrogen) atoms. The Morgan fingerprint density at radius 1 is 1.09 bits per heavy atom. The van der Waals surface area contributed by atoms with Crippen molar-refractivity contribution < 1.29 is 14.4 Å². The quantitative estimate of drug-likeness (QED) is 0.886. The van der Waals surface area contributed by atoms with Gasteiger partial charge in [-0.15, -0.1) is 0 Å². The first-order valence-corrected chi connectivity index (χ1v) is 7.24. The molecule has 1 aliphatic heterocycles. The number of benzene rings is 2. The Kier molecular flexibility index (Phi) is 3.41. The van der Waals surface area contributed by atoms with Crippen LogP contribution >= 0.6 is 0 Å². The van der Waals surface area contributed by atoms with Crippen molar-refractivity contribution in [2.45, 2.75) is 20.3 Å². The van der Waals surface area contributed by atoms with Crippen LogP contribution in [0.15, 0.2) is 30.3 Å². The van der Waals surface area contributed by atoms with E-state index < -0.39 is 0 Å². The van der Waals surface area contributed by atoms with Crippen LogP contribution in [0.1, 0.15) is 41.0 Å². The van der Waals surface area contributed by atoms with Gasteiger partial charge in [0.25, 0.3) is 11.8 Å². The predicted octanol–water partition coefficient (Wildman–Crippen LogP) is 2.80. The van der Waals surface area contributed by atoms with Gasteiger partial charge in [0.05, 0.1) is 0 Å². The SMILES string of the molecule is CCCN1C(=O)c2cccc3c(NC(C)=O)ccc(c23)C1=O. The van der Waals surface area contributed by atoms with Crippen LogP contribution in [0.4, 0.5) is 5.69 Å². The normalized spacial score (nSPS) is 13.6. The van der Waals surface area contributed by atoms with Crippen LogP contribution in [-0.2, 0) is 4.79 Å². The van der Waals surface area contributed by atoms with Crippen LogP contribution < -0.4 is 5.32 Å². The molecule has 0 aliphatic carbocycles. The van der Waals surface area contributed by atoms with E-state index in [1.807, 2.05) is 13.0 Å². The lowest BCUT2D eigenvalue weighted by molar-refractivity contribution is -0.114. The first-order valence-electron chi connectivity index (χ1n) is 7.24. The number of amides is 3. The van der Waals surface area contributed by atoms with Gasteiger partial charge >= 0.3 is 0 Å². The van der Waals surface area contributed by atoms with Crippen LogP contribution in [0.3, 0.4) is 0 Å². The Morgan fingerprint density at radius 2 is 1.77 bits per heavy atom. The monoisotopic (exact) mass is 296 g/mol. The molecule has 0 aromatic heterocycles. The van der Waals surface area contributed by atoms with Gasteiger partial charge < -0.3 is 5.32 Å². The van der Waals surface area contributed by atoms with E-state index in [-0.39, 0.29) is 17.7 Å². The third kappa shape index (κ3) is 2.06. The van der Waals surface area contributed by atoms with E-state index in [9.17, 15) is 14.4 Å². The molecule has 1 heterocycles. The third-order valence-corrected chi connectivity index (χ3v) is 3.75. The van der Waals surface area contributed by atoms with Gasteiger partial charge in [0, 0.05) is 41.1 Å². The average Bonchev–Trinajstić information content (AvgIpc) is 2.49. The molecule has 3 amide bonds. The van der Waals surface area contributed by atoms with E-state index in [2.05, 4.69) is 5.32 Å². The number of carbonyl (C=O) groups is 3. The zero-order chi connectivity index (χ0) is 15.9. The lowest BCUT2D eigenvalue weighted by Crippen LogP contribution is -2.40. The fourth-order valence-corrected chi connectivity index (χ4v) is 2.87. The molecular weight excluding hydrogens is 280 g/mol. The van der Waals surface area contributed by atoms with Crippen molar-refractivity contribution in [2.24, 2.45) is 0 Å². The van der Waals surface area contributed by atoms with Crippen molar-refractivity contribution in [3.05, 3.63) is 41.5 Å². The molecule has 2 aromatic rings. The lowest BCUT2D eigenvalue weighted by Gasteiger charge is -2.27. The average molecular weight is 296 g/mol. The second kappa shape index (κ2) is 5.26. The minimum atomic E-state index is -0.273. The van der Waals surface area contributed by atoms with Crippen LogP contribution in [0.2, 0.25) is 0 Å². The number of imide groups is 1. The number of hydrogen-bond acceptors (Lipinski definition) is 3. The van der Waals surface area contributed by atoms with Gasteiger partial charge in [-0.25, -0.2) is 0 Å². The van der Waals surface area contributed by atoms with E-state index in [0.29, 0.717) is 40.6 Å². The van der Waals surface area contributed by atoms with Crippen molar-refractivity contribution >= 4 is 34.2 Å². The Bertz CT molecular complexity index is 789. The van der Waals surface area contributed by atoms with Crippen molar-refractivity contribution in [1.82, 2.24) is 4.90 Å². The molecule has 2 aromatic carbocycles. The van der Waals surface area contributed by atoms with Gasteiger partial charge in [-0.1, -0.05) is 19.1 Å². The predicted molar refractivity (Wildman–Crippen MR) is 83.9 cm³/mol. The molecule has 5 nitrogen and oxygen atoms in total. The molecular formula is C17H16N2O3. The summed E-state index contributed by atoms with van der Waals surface area (Å²) >= 11 is 0. The summed E-state index contributed by atoms with van der Waals surface area (Å²) in [7, 11) is 0. The first-order chi connectivity index (χ1) is 10.5. The zero-order valence-electron chi connectivity index (χ0n) is 12.5. The van der Waals surface area contributed by atoms with E-state index in [1.54, 1.807) is 24.3 Å². The summed E-state index contributed by atoms with van der Waals surface area (Å²) in [6.45, 7) is 3.76. The molecule has 0 unspecified atom stereocenters. The summed E-state index contributed by atoms with van der Waals surface area (Å²) in [5.41, 5.74) is 1.62. The number of anilines is 1. The van der Waals surface area contributed by atoms with Gasteiger partial charge in [-0.2, -0.15) is 0 Å². The molecule has 3 rings (SSSR count). The molecule has 0 spiro atoms. The van der Waals surface area contributed by atoms with Gasteiger partial charge in [-0.05, 0) is 24.6 Å². The lowest BCUT2D eigenvalue weighted by atomic mass is 9.93. The topological polar surface area (TPSA) is 66.5 Å². The van der Waals surface area contributed by atoms with Crippen LogP contribution in [-0.4, -0.2) is 29.2 Å². The summed E-state index contributed by atoms with van der Waals surface area (Å²) in [4.78, 5) is 37.7. The van der Waals surface area contributed by atoms with Gasteiger partial charge in [0.2, 0.25) is 5.91 Å². The van der Waals surface area contributed by atoms with E-state index in [1.165, 1.54) is 11.8 Å². The van der Waals surface area contributed by atoms with Crippen molar-refractivity contribution in [2.75, 3.05) is 11.9 Å². The number of hydrogen-bond donors (Lipinski definition) is 1. The summed E-state index contributed by atoms with van der Waals surface area (Å²) in [5, 5.41) is 4.07. The molecule has 0 saturated heterocycles. The molecule has 0 atom stereocenters. The van der Waals surface area contributed by atoms with E-state index >= 15 is 0 Å². The number of rotatable bonds is 3. The highest BCUT2D eigenvalue weighted by molar-refractivity contribution is 6.27. The van der Waals surface area contributed by atoms with Crippen LogP contribution in [0.25, 0.3) is 10.8 Å². The van der Waals surface area contributed by atoms with E-state index in [4.69, 9.17) is 0 Å². The maximum absolute atomic E-state index is 12.6. The summed E-state index contributed by atoms with van der Waals surface area (Å²) in [6, 6.07) is 8.68. The highest BCUT2D eigenvalue weighted by Crippen LogP contribution is 2.34. The van der Waals surface area contributed by atoms with Crippen LogP contribution in [0, 0.1) is 0 Å². The van der Waals surface area contributed by atoms with Gasteiger partial charge in [-0.3, -0.25) is 19.3 Å². The van der Waals surface area contributed by atoms with E-state index in [0.717, 1.165) is 0 Å². The molecule has 112 valence electrons. The second-order valence-corrected chi connectivity index (χ2v) is 5.33. The molecule has 5 heteroatoms. The second-order valence-electron chi connectivity index (χ2n) is 5.33. The maximum atomic E-state index is 12.6. The Hall–Kier alpha value is -2.69. The Balaban J connectivity index is 2.27. The Morgan fingerprint density at radius 3 is 2.41 bits per heavy atom. The molecule has 1 aliphatic rings. The minimum Gasteiger partial charge on any atom is -0.326 e. The third-order valence-electron chi connectivity index (χ3n) is 3.75. The van der Waals surface area contributed by atoms with Crippen LogP contribution in [0.5, 0.6) is 0 Å². The van der Waals surface area contributed by atoms with Gasteiger partial charge in [0.15, 0.2) is 0 Å². The maximum Gasteiger partial charge on any atom is 0.261 e. The summed E-state index contributed by atoms with van der Waals surface area (Å²) in [6.07, 6.45) is 0.715. The number of nitrogens with one attached hydrogen (secondary N) is 1. The van der Waals surface area contributed by atoms with Crippen molar-refractivity contribution in [1.29, 1.82) is 0 Å². The molecule has 0 bridgehead atoms. The highest BCUT2D eigenvalue weighted by atomic mass is 16.2. The fourth-order valence-electron chi connectivity index (χ4n) is 2.87. The molecule has 0 radical (unpaired) electrons. The van der Waals surface area contributed by atoms with Crippen molar-refractivity contribution in [3.63, 3.8) is 0 Å². The summed E-state index contributed by atoms with van der Waals surface area (Å²) < 4.78 is 0. The van der Waals surface area contributed by atoms with Gasteiger partial charge in [0.1, 0.15) is 0 Å². The molecule has 1 N–H and O–H groups in total. The fraction of sp³-hybridized carbons (Fsp3) is 0.235. The smallest absolute Gasteiger partial charge is 0.261 e. The first kappa shape index (κ1) is 14.3. The molecule has 0 fully saturated rings. The van der Waals surface area contributed by atoms with Crippen molar-refractivity contribution in [3.8, 4) is 0 Å². The number of carbonyl (C=O) groups excluding carboxylic acids is 3. The largest absolute Gasteiger partial charge is 0.326 e. The molecule has 0 saturated carbocycles.